The van der Waals surface area contributed by atoms with Crippen LogP contribution in [0.4, 0.5) is 0 Å². The zero-order chi connectivity index (χ0) is 9.84. The van der Waals surface area contributed by atoms with Crippen LogP contribution < -0.4 is 0 Å². The minimum Gasteiger partial charge on any atom is -0.379 e. The van der Waals surface area contributed by atoms with Crippen molar-refractivity contribution in [3.63, 3.8) is 0 Å². The molecule has 13 heavy (non-hydrogen) atoms. The molecule has 0 saturated heterocycles. The number of methoxy groups -OCH3 is 1. The molecule has 0 aromatic rings. The summed E-state index contributed by atoms with van der Waals surface area (Å²) in [6.45, 7) is 2.07. The molecule has 76 valence electrons. The maximum atomic E-state index is 10.2. The second-order valence-corrected chi connectivity index (χ2v) is 3.56. The zero-order valence-corrected chi connectivity index (χ0v) is 7.93. The van der Waals surface area contributed by atoms with Crippen molar-refractivity contribution in [2.45, 2.75) is 38.4 Å². The van der Waals surface area contributed by atoms with Gasteiger partial charge in [-0.05, 0) is 25.2 Å². The molecule has 0 aliphatic heterocycles. The SMILES string of the molecule is CO[C@@H]1CC[C@@H](C)C[C@H]1O[N+](=O)[O-]. The van der Waals surface area contributed by atoms with Crippen molar-refractivity contribution < 1.29 is 14.7 Å². The number of nitrogens with zero attached hydrogens (tertiary/aromatic N) is 1. The Morgan fingerprint density at radius 3 is 2.62 bits per heavy atom. The van der Waals surface area contributed by atoms with E-state index in [1.54, 1.807) is 7.11 Å². The first-order valence-electron chi connectivity index (χ1n) is 4.47. The van der Waals surface area contributed by atoms with Gasteiger partial charge >= 0.3 is 0 Å². The normalized spacial score (nSPS) is 34.2. The summed E-state index contributed by atoms with van der Waals surface area (Å²) in [6.07, 6.45) is 2.09. The van der Waals surface area contributed by atoms with E-state index in [9.17, 15) is 10.1 Å². The quantitative estimate of drug-likeness (QED) is 0.497. The summed E-state index contributed by atoms with van der Waals surface area (Å²) in [7, 11) is 1.57. The number of hydrogen-bond donors (Lipinski definition) is 0. The van der Waals surface area contributed by atoms with Crippen molar-refractivity contribution in [3.8, 4) is 0 Å². The van der Waals surface area contributed by atoms with Gasteiger partial charge in [0.25, 0.3) is 5.09 Å². The Kier molecular flexibility index (Phi) is 3.48. The molecule has 0 bridgehead atoms. The average Bonchev–Trinajstić information content (AvgIpc) is 2.03. The Bertz CT molecular complexity index is 185. The molecule has 1 aliphatic carbocycles. The molecule has 1 aliphatic rings. The van der Waals surface area contributed by atoms with E-state index in [4.69, 9.17) is 4.74 Å². The van der Waals surface area contributed by atoms with Gasteiger partial charge in [0.05, 0.1) is 6.10 Å². The van der Waals surface area contributed by atoms with Gasteiger partial charge < -0.3 is 9.57 Å². The highest BCUT2D eigenvalue weighted by Gasteiger charge is 2.31. The summed E-state index contributed by atoms with van der Waals surface area (Å²) in [5.74, 6) is 0.483. The van der Waals surface area contributed by atoms with E-state index >= 15 is 0 Å². The summed E-state index contributed by atoms with van der Waals surface area (Å²) >= 11 is 0. The molecule has 1 rings (SSSR count). The Hall–Kier alpha value is -0.840. The number of ether oxygens (including phenoxy) is 1. The highest BCUT2D eigenvalue weighted by molar-refractivity contribution is 4.78. The monoisotopic (exact) mass is 189 g/mol. The first-order valence-corrected chi connectivity index (χ1v) is 4.47. The first kappa shape index (κ1) is 10.2. The molecular weight excluding hydrogens is 174 g/mol. The van der Waals surface area contributed by atoms with Crippen LogP contribution in [-0.2, 0) is 9.57 Å². The molecule has 1 saturated carbocycles. The average molecular weight is 189 g/mol. The maximum Gasteiger partial charge on any atom is 0.294 e. The van der Waals surface area contributed by atoms with Gasteiger partial charge in [-0.15, -0.1) is 10.1 Å². The Labute approximate surface area is 77.1 Å². The fourth-order valence-electron chi connectivity index (χ4n) is 1.79. The smallest absolute Gasteiger partial charge is 0.294 e. The van der Waals surface area contributed by atoms with Crippen LogP contribution in [0.25, 0.3) is 0 Å². The lowest BCUT2D eigenvalue weighted by atomic mass is 9.86. The Balaban J connectivity index is 2.49. The maximum absolute atomic E-state index is 10.2. The molecular formula is C8H15NO4. The molecule has 0 heterocycles. The number of rotatable bonds is 3. The highest BCUT2D eigenvalue weighted by atomic mass is 17.0. The molecule has 0 radical (unpaired) electrons. The summed E-state index contributed by atoms with van der Waals surface area (Å²) < 4.78 is 5.12. The van der Waals surface area contributed by atoms with Crippen molar-refractivity contribution in [1.29, 1.82) is 0 Å². The third kappa shape index (κ3) is 2.84. The fraction of sp³-hybridized carbons (Fsp3) is 1.00. The van der Waals surface area contributed by atoms with Crippen molar-refractivity contribution in [2.75, 3.05) is 7.11 Å². The summed E-state index contributed by atoms with van der Waals surface area (Å²) in [5, 5.41) is 9.44. The van der Waals surface area contributed by atoms with Crippen LogP contribution >= 0.6 is 0 Å². The van der Waals surface area contributed by atoms with E-state index in [1.165, 1.54) is 0 Å². The Morgan fingerprint density at radius 2 is 2.08 bits per heavy atom. The van der Waals surface area contributed by atoms with Gasteiger partial charge in [-0.3, -0.25) is 0 Å². The van der Waals surface area contributed by atoms with Gasteiger partial charge in [-0.2, -0.15) is 0 Å². The van der Waals surface area contributed by atoms with Gasteiger partial charge in [0, 0.05) is 7.11 Å². The van der Waals surface area contributed by atoms with E-state index in [1.807, 2.05) is 0 Å². The predicted molar refractivity (Wildman–Crippen MR) is 45.7 cm³/mol. The summed E-state index contributed by atoms with van der Waals surface area (Å²) in [4.78, 5) is 14.7. The second kappa shape index (κ2) is 4.41. The van der Waals surface area contributed by atoms with Gasteiger partial charge in [0.1, 0.15) is 6.10 Å². The van der Waals surface area contributed by atoms with Crippen LogP contribution in [0.15, 0.2) is 0 Å². The van der Waals surface area contributed by atoms with Gasteiger partial charge in [0.15, 0.2) is 0 Å². The molecule has 0 amide bonds. The number of hydrogen-bond acceptors (Lipinski definition) is 4. The lowest BCUT2D eigenvalue weighted by Gasteiger charge is -2.31. The molecule has 5 heteroatoms. The first-order chi connectivity index (χ1) is 6.13. The Morgan fingerprint density at radius 1 is 1.38 bits per heavy atom. The van der Waals surface area contributed by atoms with Crippen molar-refractivity contribution in [1.82, 2.24) is 0 Å². The third-order valence-electron chi connectivity index (χ3n) is 2.52. The lowest BCUT2D eigenvalue weighted by molar-refractivity contribution is -0.771. The molecule has 1 fully saturated rings. The van der Waals surface area contributed by atoms with Crippen LogP contribution in [0.5, 0.6) is 0 Å². The van der Waals surface area contributed by atoms with Gasteiger partial charge in [0.2, 0.25) is 0 Å². The predicted octanol–water partition coefficient (Wildman–Crippen LogP) is 1.40. The molecule has 0 unspecified atom stereocenters. The molecule has 3 atom stereocenters. The van der Waals surface area contributed by atoms with Gasteiger partial charge in [-0.1, -0.05) is 6.92 Å². The highest BCUT2D eigenvalue weighted by Crippen LogP contribution is 2.27. The minimum atomic E-state index is -0.727. The van der Waals surface area contributed by atoms with Crippen LogP contribution in [0.3, 0.4) is 0 Å². The van der Waals surface area contributed by atoms with Crippen LogP contribution in [0.1, 0.15) is 26.2 Å². The third-order valence-corrected chi connectivity index (χ3v) is 2.52. The van der Waals surface area contributed by atoms with Crippen LogP contribution in [0.2, 0.25) is 0 Å². The lowest BCUT2D eigenvalue weighted by Crippen LogP contribution is -2.38. The zero-order valence-electron chi connectivity index (χ0n) is 7.93. The molecule has 0 aromatic carbocycles. The molecule has 0 spiro atoms. The van der Waals surface area contributed by atoms with Crippen molar-refractivity contribution in [2.24, 2.45) is 5.92 Å². The molecule has 5 nitrogen and oxygen atoms in total. The minimum absolute atomic E-state index is 0.124. The van der Waals surface area contributed by atoms with E-state index in [0.717, 1.165) is 12.8 Å². The summed E-state index contributed by atoms with van der Waals surface area (Å²) in [5.41, 5.74) is 0. The largest absolute Gasteiger partial charge is 0.379 e. The van der Waals surface area contributed by atoms with E-state index in [-0.39, 0.29) is 12.2 Å². The van der Waals surface area contributed by atoms with Crippen molar-refractivity contribution in [3.05, 3.63) is 10.1 Å². The fourth-order valence-corrected chi connectivity index (χ4v) is 1.79. The standard InChI is InChI=1S/C8H15NO4/c1-6-3-4-7(12-2)8(5-6)13-9(10)11/h6-8H,3-5H2,1-2H3/t6-,7-,8-/m1/s1. The van der Waals surface area contributed by atoms with Crippen LogP contribution in [-0.4, -0.2) is 24.4 Å². The second-order valence-electron chi connectivity index (χ2n) is 3.56. The van der Waals surface area contributed by atoms with Crippen LogP contribution in [0, 0.1) is 16.0 Å². The van der Waals surface area contributed by atoms with E-state index in [0.29, 0.717) is 12.3 Å². The van der Waals surface area contributed by atoms with Crippen molar-refractivity contribution >= 4 is 0 Å². The summed E-state index contributed by atoms with van der Waals surface area (Å²) in [6, 6.07) is 0. The topological polar surface area (TPSA) is 61.6 Å². The van der Waals surface area contributed by atoms with E-state index < -0.39 is 5.09 Å². The molecule has 0 aromatic heterocycles. The van der Waals surface area contributed by atoms with E-state index in [2.05, 4.69) is 11.8 Å². The molecule has 0 N–H and O–H groups in total. The van der Waals surface area contributed by atoms with Gasteiger partial charge in [-0.25, -0.2) is 0 Å².